The number of hydrogen-bond donors (Lipinski definition) is 6. The maximum atomic E-state index is 13.6. The average Bonchev–Trinajstić information content (AvgIpc) is 3.77. The maximum Gasteiger partial charge on any atom is 0.475 e. The number of anilines is 2. The first-order valence-electron chi connectivity index (χ1n) is 13.2. The lowest BCUT2D eigenvalue weighted by Gasteiger charge is -2.25. The number of aliphatic hydroxyl groups is 1. The van der Waals surface area contributed by atoms with Crippen LogP contribution in [-0.2, 0) is 36.7 Å². The Bertz CT molecular complexity index is 1860. The molecule has 0 spiro atoms. The number of nitrogens with two attached hydrogens (primary N) is 2. The molecule has 22 nitrogen and oxygen atoms in total. The second-order valence-electron chi connectivity index (χ2n) is 9.99. The summed E-state index contributed by atoms with van der Waals surface area (Å²) in [6.45, 7) is -1.06. The van der Waals surface area contributed by atoms with E-state index < -0.39 is 64.7 Å². The third-order valence-electron chi connectivity index (χ3n) is 7.12. The first-order valence-corrected chi connectivity index (χ1v) is 16.2. The van der Waals surface area contributed by atoms with E-state index in [1.807, 2.05) is 0 Å². The smallest absolute Gasteiger partial charge is 0.386 e. The fourth-order valence-corrected chi connectivity index (χ4v) is 6.56. The number of nitrogens with one attached hydrogen (secondary N) is 1. The van der Waals surface area contributed by atoms with Crippen LogP contribution in [0.25, 0.3) is 22.3 Å². The molecule has 24 heteroatoms. The van der Waals surface area contributed by atoms with E-state index in [2.05, 4.69) is 34.4 Å². The number of phosphoric acid groups is 2. The highest BCUT2D eigenvalue weighted by atomic mass is 31.2. The first-order chi connectivity index (χ1) is 21.4. The highest BCUT2D eigenvalue weighted by molar-refractivity contribution is 7.48. The molecular formula is C21H28N10O12P2. The zero-order chi connectivity index (χ0) is 32.1. The second kappa shape index (κ2) is 12.1. The van der Waals surface area contributed by atoms with E-state index in [1.54, 1.807) is 4.57 Å². The van der Waals surface area contributed by atoms with Crippen molar-refractivity contribution in [2.45, 2.75) is 49.7 Å². The summed E-state index contributed by atoms with van der Waals surface area (Å²) >= 11 is 0. The van der Waals surface area contributed by atoms with Gasteiger partial charge in [0.05, 0.1) is 32.0 Å². The molecule has 4 aromatic rings. The molecule has 6 heterocycles. The minimum atomic E-state index is -4.98. The Hall–Kier alpha value is -3.40. The molecule has 0 bridgehead atoms. The lowest BCUT2D eigenvalue weighted by Crippen LogP contribution is -2.36. The van der Waals surface area contributed by atoms with E-state index in [-0.39, 0.29) is 40.7 Å². The number of H-pyrrole nitrogens is 1. The predicted octanol–water partition coefficient (Wildman–Crippen LogP) is -0.675. The summed E-state index contributed by atoms with van der Waals surface area (Å²) in [5, 5.41) is 11.2. The highest BCUT2D eigenvalue weighted by Crippen LogP contribution is 2.53. The van der Waals surface area contributed by atoms with Crippen molar-refractivity contribution in [2.75, 3.05) is 31.8 Å². The summed E-state index contributed by atoms with van der Waals surface area (Å²) < 4.78 is 60.5. The lowest BCUT2D eigenvalue weighted by atomic mass is 10.1. The predicted molar refractivity (Wildman–Crippen MR) is 149 cm³/mol. The van der Waals surface area contributed by atoms with Crippen LogP contribution in [0.3, 0.4) is 0 Å². The van der Waals surface area contributed by atoms with Crippen molar-refractivity contribution in [1.29, 1.82) is 0 Å². The Morgan fingerprint density at radius 3 is 2.53 bits per heavy atom. The van der Waals surface area contributed by atoms with Crippen LogP contribution < -0.4 is 17.0 Å². The number of imidazole rings is 2. The molecule has 2 aliphatic rings. The molecule has 6 rings (SSSR count). The summed E-state index contributed by atoms with van der Waals surface area (Å²) in [7, 11) is -8.40. The summed E-state index contributed by atoms with van der Waals surface area (Å²) in [6.07, 6.45) is -2.36. The Kier molecular flexibility index (Phi) is 8.48. The zero-order valence-corrected chi connectivity index (χ0v) is 25.0. The van der Waals surface area contributed by atoms with Crippen molar-refractivity contribution >= 4 is 49.7 Å². The number of nitrogens with zero attached hydrogens (tertiary/aromatic N) is 7. The summed E-state index contributed by atoms with van der Waals surface area (Å²) in [4.78, 5) is 53.2. The zero-order valence-electron chi connectivity index (χ0n) is 23.2. The topological polar surface area (TPSA) is 309 Å². The molecule has 8 N–H and O–H groups in total. The molecule has 2 aliphatic heterocycles. The van der Waals surface area contributed by atoms with Crippen LogP contribution in [0.15, 0.2) is 23.8 Å². The number of nitrogen functional groups attached to an aromatic ring is 2. The minimum absolute atomic E-state index is 0.0596. The van der Waals surface area contributed by atoms with Crippen LogP contribution in [0.1, 0.15) is 25.3 Å². The quantitative estimate of drug-likeness (QED) is 0.107. The highest BCUT2D eigenvalue weighted by Gasteiger charge is 2.50. The second-order valence-corrected chi connectivity index (χ2v) is 13.0. The molecule has 0 aromatic carbocycles. The fourth-order valence-electron chi connectivity index (χ4n) is 5.06. The molecule has 45 heavy (non-hydrogen) atoms. The number of aromatic amines is 1. The van der Waals surface area contributed by atoms with Crippen molar-refractivity contribution in [3.05, 3.63) is 29.3 Å². The van der Waals surface area contributed by atoms with Crippen molar-refractivity contribution in [1.82, 2.24) is 39.0 Å². The van der Waals surface area contributed by atoms with Crippen molar-refractivity contribution in [2.24, 2.45) is 0 Å². The standard InChI is InChI=1S/C21H28N10O12P2/c1-38-45(37,40-4-9-2-3-11(41-9)30-7-27-13-18(30)28-21(23)29-19(13)33)43-15-10(5-39-44(34,35)36)42-20(14(15)32)31-8-26-12-16(22)24-6-25-17(12)31/h6-11,14-15,20,32H,2-5H2,1H3,(H2,22,24,25)(H2,34,35,36)(H3,23,28,29,33)/t9?,10-,11-,14-,15-,20-,45?/m1/s1. The van der Waals surface area contributed by atoms with Gasteiger partial charge in [0.1, 0.15) is 36.4 Å². The first kappa shape index (κ1) is 31.6. The average molecular weight is 674 g/mol. The molecule has 244 valence electrons. The molecule has 7 atom stereocenters. The largest absolute Gasteiger partial charge is 0.475 e. The van der Waals surface area contributed by atoms with Crippen molar-refractivity contribution in [3.8, 4) is 0 Å². The van der Waals surface area contributed by atoms with E-state index in [9.17, 15) is 28.8 Å². The molecule has 2 saturated heterocycles. The van der Waals surface area contributed by atoms with E-state index in [1.165, 1.54) is 23.5 Å². The number of ether oxygens (including phenoxy) is 2. The minimum Gasteiger partial charge on any atom is -0.386 e. The van der Waals surface area contributed by atoms with Crippen molar-refractivity contribution < 1.29 is 51.6 Å². The summed E-state index contributed by atoms with van der Waals surface area (Å²) in [5.74, 6) is -0.0295. The number of phosphoric ester groups is 2. The monoisotopic (exact) mass is 674 g/mol. The Morgan fingerprint density at radius 2 is 1.78 bits per heavy atom. The van der Waals surface area contributed by atoms with Gasteiger partial charge in [-0.3, -0.25) is 37.0 Å². The molecule has 4 aromatic heterocycles. The van der Waals surface area contributed by atoms with Crippen LogP contribution >= 0.6 is 15.6 Å². The van der Waals surface area contributed by atoms with E-state index in [0.717, 1.165) is 7.11 Å². The van der Waals surface area contributed by atoms with Gasteiger partial charge in [0.2, 0.25) is 5.95 Å². The maximum absolute atomic E-state index is 13.6. The van der Waals surface area contributed by atoms with Gasteiger partial charge in [-0.25, -0.2) is 29.1 Å². The van der Waals surface area contributed by atoms with Crippen LogP contribution in [0.2, 0.25) is 0 Å². The number of fused-ring (bicyclic) bond motifs is 2. The molecule has 0 amide bonds. The summed E-state index contributed by atoms with van der Waals surface area (Å²) in [6, 6.07) is 0. The number of rotatable bonds is 11. The number of hydrogen-bond acceptors (Lipinski definition) is 17. The van der Waals surface area contributed by atoms with Gasteiger partial charge in [-0.2, -0.15) is 4.98 Å². The Morgan fingerprint density at radius 1 is 1.02 bits per heavy atom. The molecule has 0 saturated carbocycles. The Balaban J connectivity index is 1.16. The molecule has 2 fully saturated rings. The van der Waals surface area contributed by atoms with Gasteiger partial charge in [-0.15, -0.1) is 0 Å². The van der Waals surface area contributed by atoms with Gasteiger partial charge in [-0.05, 0) is 12.8 Å². The third-order valence-corrected chi connectivity index (χ3v) is 9.02. The van der Waals surface area contributed by atoms with Gasteiger partial charge < -0.3 is 35.8 Å². The summed E-state index contributed by atoms with van der Waals surface area (Å²) in [5.41, 5.74) is 11.7. The lowest BCUT2D eigenvalue weighted by molar-refractivity contribution is -0.0518. The van der Waals surface area contributed by atoms with Crippen LogP contribution in [0.5, 0.6) is 0 Å². The van der Waals surface area contributed by atoms with Gasteiger partial charge in [0.15, 0.2) is 28.9 Å². The molecule has 0 radical (unpaired) electrons. The van der Waals surface area contributed by atoms with E-state index in [4.69, 9.17) is 34.5 Å². The SMILES string of the molecule is COP(=O)(OCC1CC[C@H](n2cnc3c(=O)[nH]c(N)nc32)O1)O[C@H]1[C@@H](O)[C@H](n2cnc3c(N)ncnc32)O[C@@H]1COP(=O)(O)O. The van der Waals surface area contributed by atoms with Crippen molar-refractivity contribution in [3.63, 3.8) is 0 Å². The number of aromatic nitrogens is 8. The molecule has 2 unspecified atom stereocenters. The molecular weight excluding hydrogens is 646 g/mol. The third kappa shape index (κ3) is 6.35. The fraction of sp³-hybridized carbons (Fsp3) is 0.524. The van der Waals surface area contributed by atoms with E-state index >= 15 is 0 Å². The van der Waals surface area contributed by atoms with Gasteiger partial charge >= 0.3 is 15.6 Å². The van der Waals surface area contributed by atoms with Gasteiger partial charge in [0, 0.05) is 7.11 Å². The van der Waals surface area contributed by atoms with Crippen LogP contribution in [0, 0.1) is 0 Å². The van der Waals surface area contributed by atoms with Gasteiger partial charge in [-0.1, -0.05) is 0 Å². The van der Waals surface area contributed by atoms with E-state index in [0.29, 0.717) is 12.8 Å². The van der Waals surface area contributed by atoms with Crippen LogP contribution in [0.4, 0.5) is 11.8 Å². The van der Waals surface area contributed by atoms with Gasteiger partial charge in [0.25, 0.3) is 5.56 Å². The normalized spacial score (nSPS) is 27.0. The number of aliphatic hydroxyl groups excluding tert-OH is 1. The van der Waals surface area contributed by atoms with Crippen LogP contribution in [-0.4, -0.2) is 98.7 Å². The Labute approximate surface area is 251 Å². The molecule has 0 aliphatic carbocycles.